The van der Waals surface area contributed by atoms with E-state index < -0.39 is 5.97 Å². The van der Waals surface area contributed by atoms with Crippen LogP contribution in [0.2, 0.25) is 0 Å². The fourth-order valence-electron chi connectivity index (χ4n) is 2.12. The van der Waals surface area contributed by atoms with Gasteiger partial charge in [0, 0.05) is 12.0 Å². The van der Waals surface area contributed by atoms with Crippen LogP contribution in [-0.4, -0.2) is 30.6 Å². The van der Waals surface area contributed by atoms with Crippen LogP contribution in [0.25, 0.3) is 0 Å². The monoisotopic (exact) mass is 249 g/mol. The number of nitrogens with zero attached hydrogens (tertiary/aromatic N) is 1. The second kappa shape index (κ2) is 5.08. The molecule has 1 amide bonds. The summed E-state index contributed by atoms with van der Waals surface area (Å²) in [5.41, 5.74) is 1.31. The number of hydrogen-bond donors (Lipinski definition) is 1. The maximum atomic E-state index is 12.0. The van der Waals surface area contributed by atoms with Crippen molar-refractivity contribution >= 4 is 17.6 Å². The van der Waals surface area contributed by atoms with Crippen LogP contribution in [0.4, 0.5) is 5.69 Å². The maximum absolute atomic E-state index is 12.0. The lowest BCUT2D eigenvalue weighted by Crippen LogP contribution is -2.35. The third-order valence-corrected chi connectivity index (χ3v) is 3.05. The fourth-order valence-corrected chi connectivity index (χ4v) is 2.12. The van der Waals surface area contributed by atoms with Gasteiger partial charge in [-0.15, -0.1) is 0 Å². The van der Waals surface area contributed by atoms with Gasteiger partial charge < -0.3 is 14.7 Å². The largest absolute Gasteiger partial charge is 0.508 e. The van der Waals surface area contributed by atoms with Crippen LogP contribution in [-0.2, 0) is 20.7 Å². The molecule has 1 aliphatic rings. The molecule has 0 radical (unpaired) electrons. The summed E-state index contributed by atoms with van der Waals surface area (Å²) in [7, 11) is 1.29. The van der Waals surface area contributed by atoms with E-state index in [-0.39, 0.29) is 18.2 Å². The van der Waals surface area contributed by atoms with Gasteiger partial charge in [0.15, 0.2) is 0 Å². The first-order chi connectivity index (χ1) is 8.63. The third kappa shape index (κ3) is 2.30. The second-order valence-electron chi connectivity index (χ2n) is 4.18. The van der Waals surface area contributed by atoms with Gasteiger partial charge in [-0.25, -0.2) is 0 Å². The Morgan fingerprint density at radius 3 is 2.94 bits per heavy atom. The normalized spacial score (nSPS) is 14.9. The number of methoxy groups -OCH3 is 1. The van der Waals surface area contributed by atoms with Crippen LogP contribution >= 0.6 is 0 Å². The maximum Gasteiger partial charge on any atom is 0.325 e. The Bertz CT molecular complexity index is 484. The van der Waals surface area contributed by atoms with E-state index in [4.69, 9.17) is 0 Å². The van der Waals surface area contributed by atoms with Gasteiger partial charge in [0.2, 0.25) is 5.91 Å². The first kappa shape index (κ1) is 12.4. The van der Waals surface area contributed by atoms with Gasteiger partial charge in [0.1, 0.15) is 12.3 Å². The number of carbonyl (C=O) groups is 2. The van der Waals surface area contributed by atoms with Crippen molar-refractivity contribution in [3.05, 3.63) is 23.8 Å². The van der Waals surface area contributed by atoms with Crippen molar-refractivity contribution in [2.75, 3.05) is 18.6 Å². The lowest BCUT2D eigenvalue weighted by atomic mass is 10.1. The zero-order chi connectivity index (χ0) is 13.1. The second-order valence-corrected chi connectivity index (χ2v) is 4.18. The van der Waals surface area contributed by atoms with Crippen molar-refractivity contribution in [1.29, 1.82) is 0 Å². The Labute approximate surface area is 105 Å². The highest BCUT2D eigenvalue weighted by atomic mass is 16.5. The molecule has 0 bridgehead atoms. The summed E-state index contributed by atoms with van der Waals surface area (Å²) in [4.78, 5) is 24.7. The summed E-state index contributed by atoms with van der Waals surface area (Å²) in [5.74, 6) is -0.429. The Hall–Kier alpha value is -2.04. The SMILES string of the molecule is COC(=O)CN1C(=O)CCCc2c(O)cccc21. The van der Waals surface area contributed by atoms with E-state index >= 15 is 0 Å². The average Bonchev–Trinajstić information content (AvgIpc) is 2.51. The lowest BCUT2D eigenvalue weighted by molar-refractivity contribution is -0.140. The zero-order valence-electron chi connectivity index (χ0n) is 10.2. The van der Waals surface area contributed by atoms with Crippen molar-refractivity contribution in [3.63, 3.8) is 0 Å². The number of rotatable bonds is 2. The molecule has 1 aromatic carbocycles. The molecule has 0 spiro atoms. The molecule has 2 rings (SSSR count). The summed E-state index contributed by atoms with van der Waals surface area (Å²) in [5, 5.41) is 9.82. The summed E-state index contributed by atoms with van der Waals surface area (Å²) >= 11 is 0. The summed E-state index contributed by atoms with van der Waals surface area (Å²) in [6, 6.07) is 4.99. The molecule has 1 N–H and O–H groups in total. The summed E-state index contributed by atoms with van der Waals surface area (Å²) < 4.78 is 4.59. The topological polar surface area (TPSA) is 66.8 Å². The summed E-state index contributed by atoms with van der Waals surface area (Å²) in [6.07, 6.45) is 1.66. The number of carbonyl (C=O) groups excluding carboxylic acids is 2. The van der Waals surface area contributed by atoms with E-state index in [2.05, 4.69) is 4.74 Å². The van der Waals surface area contributed by atoms with Gasteiger partial charge in [-0.05, 0) is 25.0 Å². The molecule has 5 nitrogen and oxygen atoms in total. The standard InChI is InChI=1S/C13H15NO4/c1-18-13(17)8-14-10-5-3-6-11(15)9(10)4-2-7-12(14)16/h3,5-6,15H,2,4,7-8H2,1H3. The molecule has 1 aromatic rings. The molecule has 0 unspecified atom stereocenters. The molecule has 1 heterocycles. The number of phenols is 1. The van der Waals surface area contributed by atoms with Gasteiger partial charge in [0.05, 0.1) is 12.8 Å². The predicted octanol–water partition coefficient (Wildman–Crippen LogP) is 1.23. The van der Waals surface area contributed by atoms with E-state index in [0.717, 1.165) is 0 Å². The highest BCUT2D eigenvalue weighted by Crippen LogP contribution is 2.32. The van der Waals surface area contributed by atoms with Gasteiger partial charge in [-0.2, -0.15) is 0 Å². The minimum Gasteiger partial charge on any atom is -0.508 e. The molecule has 0 saturated carbocycles. The number of amides is 1. The number of benzene rings is 1. The van der Waals surface area contributed by atoms with Crippen LogP contribution in [0.3, 0.4) is 0 Å². The first-order valence-corrected chi connectivity index (χ1v) is 5.81. The van der Waals surface area contributed by atoms with Gasteiger partial charge in [-0.3, -0.25) is 9.59 Å². The number of anilines is 1. The van der Waals surface area contributed by atoms with E-state index in [1.165, 1.54) is 12.0 Å². The molecule has 96 valence electrons. The number of esters is 1. The van der Waals surface area contributed by atoms with E-state index in [0.29, 0.717) is 30.5 Å². The molecule has 1 aliphatic heterocycles. The van der Waals surface area contributed by atoms with Gasteiger partial charge in [-0.1, -0.05) is 6.07 Å². The molecule has 18 heavy (non-hydrogen) atoms. The van der Waals surface area contributed by atoms with E-state index in [1.54, 1.807) is 18.2 Å². The molecule has 0 aliphatic carbocycles. The number of phenolic OH excluding ortho intramolecular Hbond substituents is 1. The van der Waals surface area contributed by atoms with Crippen LogP contribution in [0, 0.1) is 0 Å². The Balaban J connectivity index is 2.41. The Morgan fingerprint density at radius 1 is 1.44 bits per heavy atom. The van der Waals surface area contributed by atoms with Crippen molar-refractivity contribution in [2.24, 2.45) is 0 Å². The van der Waals surface area contributed by atoms with Crippen LogP contribution < -0.4 is 4.90 Å². The van der Waals surface area contributed by atoms with Crippen LogP contribution in [0.5, 0.6) is 5.75 Å². The quantitative estimate of drug-likeness (QED) is 0.801. The van der Waals surface area contributed by atoms with Crippen molar-refractivity contribution in [1.82, 2.24) is 0 Å². The zero-order valence-corrected chi connectivity index (χ0v) is 10.2. The smallest absolute Gasteiger partial charge is 0.325 e. The number of aromatic hydroxyl groups is 1. The number of fused-ring (bicyclic) bond motifs is 1. The highest BCUT2D eigenvalue weighted by molar-refractivity contribution is 5.99. The van der Waals surface area contributed by atoms with Crippen LogP contribution in [0.1, 0.15) is 18.4 Å². The molecular weight excluding hydrogens is 234 g/mol. The fraction of sp³-hybridized carbons (Fsp3) is 0.385. The Morgan fingerprint density at radius 2 is 2.22 bits per heavy atom. The highest BCUT2D eigenvalue weighted by Gasteiger charge is 2.25. The molecular formula is C13H15NO4. The lowest BCUT2D eigenvalue weighted by Gasteiger charge is -2.22. The predicted molar refractivity (Wildman–Crippen MR) is 65.4 cm³/mol. The van der Waals surface area contributed by atoms with Gasteiger partial charge in [0.25, 0.3) is 0 Å². The van der Waals surface area contributed by atoms with Crippen LogP contribution in [0.15, 0.2) is 18.2 Å². The minimum absolute atomic E-state index is 0.119. The van der Waals surface area contributed by atoms with E-state index in [1.807, 2.05) is 0 Å². The summed E-state index contributed by atoms with van der Waals surface area (Å²) in [6.45, 7) is -0.119. The third-order valence-electron chi connectivity index (χ3n) is 3.05. The Kier molecular flexibility index (Phi) is 3.50. The van der Waals surface area contributed by atoms with Crippen molar-refractivity contribution in [2.45, 2.75) is 19.3 Å². The average molecular weight is 249 g/mol. The molecule has 5 heteroatoms. The van der Waals surface area contributed by atoms with Gasteiger partial charge >= 0.3 is 5.97 Å². The van der Waals surface area contributed by atoms with Crippen molar-refractivity contribution < 1.29 is 19.4 Å². The molecule has 0 atom stereocenters. The molecule has 0 fully saturated rings. The van der Waals surface area contributed by atoms with E-state index in [9.17, 15) is 14.7 Å². The molecule has 0 aromatic heterocycles. The number of hydrogen-bond acceptors (Lipinski definition) is 4. The molecule has 0 saturated heterocycles. The number of ether oxygens (including phenoxy) is 1. The minimum atomic E-state index is -0.473. The first-order valence-electron chi connectivity index (χ1n) is 5.81. The van der Waals surface area contributed by atoms with Crippen molar-refractivity contribution in [3.8, 4) is 5.75 Å².